The fourth-order valence-corrected chi connectivity index (χ4v) is 4.23. The summed E-state index contributed by atoms with van der Waals surface area (Å²) in [6, 6.07) is 18.0. The van der Waals surface area contributed by atoms with Gasteiger partial charge in [0, 0.05) is 33.6 Å². The first-order chi connectivity index (χ1) is 13.3. The maximum absolute atomic E-state index is 12.0. The number of fused-ring (bicyclic) bond motifs is 1. The molecular formula is C20H16N4OS2. The summed E-state index contributed by atoms with van der Waals surface area (Å²) in [6.45, 7) is 0. The predicted molar refractivity (Wildman–Crippen MR) is 112 cm³/mol. The summed E-state index contributed by atoms with van der Waals surface area (Å²) in [5, 5.41) is 7.13. The van der Waals surface area contributed by atoms with Crippen LogP contribution in [0.2, 0.25) is 0 Å². The van der Waals surface area contributed by atoms with Crippen molar-refractivity contribution in [1.82, 2.24) is 15.4 Å². The van der Waals surface area contributed by atoms with Crippen molar-refractivity contribution >= 4 is 46.1 Å². The molecule has 0 fully saturated rings. The number of hydrogen-bond acceptors (Lipinski definition) is 5. The van der Waals surface area contributed by atoms with Crippen LogP contribution in [0.3, 0.4) is 0 Å². The van der Waals surface area contributed by atoms with E-state index in [2.05, 4.69) is 20.5 Å². The van der Waals surface area contributed by atoms with Crippen molar-refractivity contribution in [3.8, 4) is 11.3 Å². The molecule has 0 atom stereocenters. The molecule has 2 heterocycles. The number of thioether (sulfide) groups is 1. The Morgan fingerprint density at radius 3 is 2.89 bits per heavy atom. The maximum atomic E-state index is 12.0. The number of para-hydroxylation sites is 1. The zero-order valence-corrected chi connectivity index (χ0v) is 15.9. The van der Waals surface area contributed by atoms with E-state index in [0.717, 1.165) is 32.1 Å². The maximum Gasteiger partial charge on any atom is 0.250 e. The van der Waals surface area contributed by atoms with Gasteiger partial charge in [0.15, 0.2) is 4.34 Å². The molecule has 1 amide bonds. The molecule has 5 nitrogen and oxygen atoms in total. The lowest BCUT2D eigenvalue weighted by molar-refractivity contribution is -0.118. The van der Waals surface area contributed by atoms with Crippen LogP contribution in [0.15, 0.2) is 75.6 Å². The lowest BCUT2D eigenvalue weighted by Gasteiger charge is -1.98. The van der Waals surface area contributed by atoms with Crippen LogP contribution in [0, 0.1) is 0 Å². The molecule has 0 saturated heterocycles. The van der Waals surface area contributed by atoms with Gasteiger partial charge in [-0.1, -0.05) is 60.3 Å². The van der Waals surface area contributed by atoms with E-state index in [1.54, 1.807) is 6.21 Å². The number of nitrogens with zero attached hydrogens (tertiary/aromatic N) is 2. The Kier molecular flexibility index (Phi) is 5.32. The van der Waals surface area contributed by atoms with Crippen LogP contribution in [-0.2, 0) is 4.79 Å². The number of carbonyl (C=O) groups excluding carboxylic acids is 1. The van der Waals surface area contributed by atoms with Gasteiger partial charge in [0.25, 0.3) is 5.91 Å². The highest BCUT2D eigenvalue weighted by molar-refractivity contribution is 8.01. The normalized spacial score (nSPS) is 11.3. The second kappa shape index (κ2) is 8.20. The average molecular weight is 393 g/mol. The number of aromatic amines is 1. The van der Waals surface area contributed by atoms with E-state index >= 15 is 0 Å². The molecule has 0 spiro atoms. The summed E-state index contributed by atoms with van der Waals surface area (Å²) < 4.78 is 0.865. The van der Waals surface area contributed by atoms with Crippen molar-refractivity contribution in [3.63, 3.8) is 0 Å². The molecule has 0 unspecified atom stereocenters. The van der Waals surface area contributed by atoms with Gasteiger partial charge < -0.3 is 4.98 Å². The van der Waals surface area contributed by atoms with E-state index in [9.17, 15) is 4.79 Å². The van der Waals surface area contributed by atoms with E-state index in [0.29, 0.717) is 0 Å². The molecule has 7 heteroatoms. The van der Waals surface area contributed by atoms with Gasteiger partial charge in [-0.3, -0.25) is 4.79 Å². The Morgan fingerprint density at radius 2 is 2.00 bits per heavy atom. The van der Waals surface area contributed by atoms with E-state index in [1.165, 1.54) is 23.1 Å². The number of thiazole rings is 1. The monoisotopic (exact) mass is 392 g/mol. The number of nitrogens with one attached hydrogen (secondary N) is 2. The molecule has 0 saturated carbocycles. The Morgan fingerprint density at radius 1 is 1.19 bits per heavy atom. The van der Waals surface area contributed by atoms with Gasteiger partial charge in [0.05, 0.1) is 17.7 Å². The molecule has 2 N–H and O–H groups in total. The van der Waals surface area contributed by atoms with Gasteiger partial charge in [-0.25, -0.2) is 10.4 Å². The number of hydrogen-bond donors (Lipinski definition) is 2. The summed E-state index contributed by atoms with van der Waals surface area (Å²) in [5.74, 6) is 0.111. The van der Waals surface area contributed by atoms with Crippen molar-refractivity contribution < 1.29 is 4.79 Å². The van der Waals surface area contributed by atoms with Crippen LogP contribution in [-0.4, -0.2) is 27.8 Å². The number of benzene rings is 2. The van der Waals surface area contributed by atoms with E-state index < -0.39 is 0 Å². The quantitative estimate of drug-likeness (QED) is 0.288. The van der Waals surface area contributed by atoms with Crippen molar-refractivity contribution in [1.29, 1.82) is 0 Å². The summed E-state index contributed by atoms with van der Waals surface area (Å²) >= 11 is 2.95. The van der Waals surface area contributed by atoms with E-state index in [1.807, 2.05) is 66.2 Å². The Balaban J connectivity index is 1.31. The lowest BCUT2D eigenvalue weighted by atomic mass is 10.2. The van der Waals surface area contributed by atoms with Crippen LogP contribution >= 0.6 is 23.1 Å². The SMILES string of the molecule is O=C(CSc1nc(-c2ccccc2)cs1)N/N=C/c1c[nH]c2ccccc12. The minimum Gasteiger partial charge on any atom is -0.361 e. The van der Waals surface area contributed by atoms with E-state index in [4.69, 9.17) is 0 Å². The molecule has 0 radical (unpaired) electrons. The van der Waals surface area contributed by atoms with Crippen molar-refractivity contribution in [2.75, 3.05) is 5.75 Å². The molecule has 0 aliphatic carbocycles. The molecule has 4 rings (SSSR count). The first-order valence-electron chi connectivity index (χ1n) is 8.31. The van der Waals surface area contributed by atoms with Crippen LogP contribution < -0.4 is 5.43 Å². The summed E-state index contributed by atoms with van der Waals surface area (Å²) in [4.78, 5) is 19.7. The molecule has 2 aromatic carbocycles. The number of hydrazone groups is 1. The Hall–Kier alpha value is -2.90. The van der Waals surface area contributed by atoms with Crippen LogP contribution in [0.4, 0.5) is 0 Å². The fraction of sp³-hybridized carbons (Fsp3) is 0.0500. The third-order valence-corrected chi connectivity index (χ3v) is 5.91. The third-order valence-electron chi connectivity index (χ3n) is 3.89. The fourth-order valence-electron chi connectivity index (χ4n) is 2.60. The molecule has 0 bridgehead atoms. The highest BCUT2D eigenvalue weighted by Crippen LogP contribution is 2.27. The molecule has 0 aliphatic rings. The van der Waals surface area contributed by atoms with Crippen molar-refractivity contribution in [2.24, 2.45) is 5.10 Å². The molecule has 0 aliphatic heterocycles. The largest absolute Gasteiger partial charge is 0.361 e. The lowest BCUT2D eigenvalue weighted by Crippen LogP contribution is -2.19. The molecular weight excluding hydrogens is 376 g/mol. The summed E-state index contributed by atoms with van der Waals surface area (Å²) in [6.07, 6.45) is 3.52. The second-order valence-corrected chi connectivity index (χ2v) is 7.82. The van der Waals surface area contributed by atoms with Crippen molar-refractivity contribution in [3.05, 3.63) is 71.7 Å². The standard InChI is InChI=1S/C20H16N4OS2/c25-19(24-22-11-15-10-21-17-9-5-4-8-16(15)17)13-27-20-23-18(12-26-20)14-6-2-1-3-7-14/h1-12,21H,13H2,(H,24,25)/b22-11+. The predicted octanol–water partition coefficient (Wildman–Crippen LogP) is 4.53. The molecule has 4 aromatic rings. The zero-order valence-electron chi connectivity index (χ0n) is 14.3. The minimum absolute atomic E-state index is 0.160. The first-order valence-corrected chi connectivity index (χ1v) is 10.2. The second-order valence-electron chi connectivity index (χ2n) is 5.74. The van der Waals surface area contributed by atoms with E-state index in [-0.39, 0.29) is 11.7 Å². The zero-order chi connectivity index (χ0) is 18.5. The van der Waals surface area contributed by atoms with Gasteiger partial charge in [-0.05, 0) is 6.07 Å². The van der Waals surface area contributed by atoms with Crippen LogP contribution in [0.5, 0.6) is 0 Å². The Bertz CT molecular complexity index is 1090. The summed E-state index contributed by atoms with van der Waals surface area (Å²) in [7, 11) is 0. The van der Waals surface area contributed by atoms with Gasteiger partial charge in [-0.2, -0.15) is 5.10 Å². The van der Waals surface area contributed by atoms with Crippen molar-refractivity contribution in [2.45, 2.75) is 4.34 Å². The number of H-pyrrole nitrogens is 1. The van der Waals surface area contributed by atoms with Crippen LogP contribution in [0.1, 0.15) is 5.56 Å². The number of carbonyl (C=O) groups is 1. The number of aromatic nitrogens is 2. The Labute approximate surface area is 164 Å². The topological polar surface area (TPSA) is 70.1 Å². The van der Waals surface area contributed by atoms with Crippen LogP contribution in [0.25, 0.3) is 22.2 Å². The minimum atomic E-state index is -0.160. The molecule has 2 aromatic heterocycles. The highest BCUT2D eigenvalue weighted by Gasteiger charge is 2.07. The van der Waals surface area contributed by atoms with Gasteiger partial charge in [0.2, 0.25) is 0 Å². The smallest absolute Gasteiger partial charge is 0.250 e. The summed E-state index contributed by atoms with van der Waals surface area (Å²) in [5.41, 5.74) is 6.55. The number of rotatable bonds is 6. The highest BCUT2D eigenvalue weighted by atomic mass is 32.2. The third kappa shape index (κ3) is 4.27. The molecule has 134 valence electrons. The molecule has 27 heavy (non-hydrogen) atoms. The first kappa shape index (κ1) is 17.5. The van der Waals surface area contributed by atoms with Gasteiger partial charge in [-0.15, -0.1) is 11.3 Å². The van der Waals surface area contributed by atoms with Gasteiger partial charge >= 0.3 is 0 Å². The van der Waals surface area contributed by atoms with Gasteiger partial charge in [0.1, 0.15) is 0 Å². The average Bonchev–Trinajstić information content (AvgIpc) is 3.35. The number of amides is 1.